The van der Waals surface area contributed by atoms with Gasteiger partial charge in [-0.2, -0.15) is 0 Å². The predicted octanol–water partition coefficient (Wildman–Crippen LogP) is 16.3. The highest BCUT2D eigenvalue weighted by molar-refractivity contribution is 6.14. The van der Waals surface area contributed by atoms with Gasteiger partial charge in [-0.1, -0.05) is 170 Å². The molecule has 3 nitrogen and oxygen atoms in total. The number of hydrogen-bond donors (Lipinski definition) is 0. The first-order valence-electron chi connectivity index (χ1n) is 20.8. The van der Waals surface area contributed by atoms with Gasteiger partial charge in [0.25, 0.3) is 0 Å². The number of furan rings is 1. The maximum Gasteiger partial charge on any atom is 0.136 e. The SMILES string of the molecule is c1cc(-c2ccc(-c3cccc4ccccc34)cc2)cc(N(c2cccc(-n3c4ccccc4c4ccccc43)c2)c2ccccc2-c2cccc3oc4ccccc4c23)c1. The molecule has 2 heterocycles. The van der Waals surface area contributed by atoms with Gasteiger partial charge < -0.3 is 13.9 Å². The van der Waals surface area contributed by atoms with Gasteiger partial charge in [0, 0.05) is 44.2 Å². The summed E-state index contributed by atoms with van der Waals surface area (Å²) in [5, 5.41) is 7.21. The van der Waals surface area contributed by atoms with Gasteiger partial charge in [-0.05, 0) is 99.3 Å². The molecule has 0 aliphatic rings. The summed E-state index contributed by atoms with van der Waals surface area (Å²) in [6, 6.07) is 83.0. The number of para-hydroxylation sites is 4. The van der Waals surface area contributed by atoms with Crippen molar-refractivity contribution in [3.05, 3.63) is 231 Å². The minimum Gasteiger partial charge on any atom is -0.456 e. The number of benzene rings is 10. The van der Waals surface area contributed by atoms with Crippen LogP contribution in [0.25, 0.3) is 93.6 Å². The summed E-state index contributed by atoms with van der Waals surface area (Å²) in [5.74, 6) is 0. The second kappa shape index (κ2) is 14.3. The van der Waals surface area contributed by atoms with Crippen molar-refractivity contribution in [2.75, 3.05) is 4.90 Å². The van der Waals surface area contributed by atoms with Crippen LogP contribution in [0.5, 0.6) is 0 Å². The van der Waals surface area contributed by atoms with E-state index in [1.54, 1.807) is 0 Å². The first-order valence-corrected chi connectivity index (χ1v) is 20.8. The largest absolute Gasteiger partial charge is 0.456 e. The second-order valence-electron chi connectivity index (χ2n) is 15.7. The fourth-order valence-electron chi connectivity index (χ4n) is 9.44. The second-order valence-corrected chi connectivity index (χ2v) is 15.7. The Bertz CT molecular complexity index is 3550. The Morgan fingerprint density at radius 1 is 0.344 bits per heavy atom. The van der Waals surface area contributed by atoms with E-state index in [0.717, 1.165) is 66.9 Å². The Morgan fingerprint density at radius 3 is 1.72 bits per heavy atom. The maximum absolute atomic E-state index is 6.42. The molecule has 2 aromatic heterocycles. The topological polar surface area (TPSA) is 21.3 Å². The molecule has 61 heavy (non-hydrogen) atoms. The summed E-state index contributed by atoms with van der Waals surface area (Å²) < 4.78 is 8.81. The van der Waals surface area contributed by atoms with E-state index in [1.165, 1.54) is 43.7 Å². The number of anilines is 3. The summed E-state index contributed by atoms with van der Waals surface area (Å²) >= 11 is 0. The standard InChI is InChI=1S/C58H38N2O/c1-2-21-46-40(15-1)16-12-26-47(46)41-35-33-39(34-36-41)42-17-11-18-43(37-42)59(44-19-13-20-45(38-44)60-54-29-8-3-22-48(54)49-23-4-9-30-55(49)60)53-28-7-5-24-50(53)51-27-14-32-57-58(51)52-25-6-10-31-56(52)61-57/h1-38H. The summed E-state index contributed by atoms with van der Waals surface area (Å²) in [6.45, 7) is 0. The number of nitrogens with zero attached hydrogens (tertiary/aromatic N) is 2. The van der Waals surface area contributed by atoms with Crippen LogP contribution < -0.4 is 4.90 Å². The number of fused-ring (bicyclic) bond motifs is 7. The predicted molar refractivity (Wildman–Crippen MR) is 257 cm³/mol. The Balaban J connectivity index is 1.05. The van der Waals surface area contributed by atoms with Crippen molar-refractivity contribution in [1.82, 2.24) is 4.57 Å². The van der Waals surface area contributed by atoms with Crippen molar-refractivity contribution in [3.8, 4) is 39.1 Å². The lowest BCUT2D eigenvalue weighted by molar-refractivity contribution is 0.669. The van der Waals surface area contributed by atoms with Crippen molar-refractivity contribution >= 4 is 71.6 Å². The van der Waals surface area contributed by atoms with Gasteiger partial charge in [-0.25, -0.2) is 0 Å². The molecule has 0 amide bonds. The lowest BCUT2D eigenvalue weighted by atomic mass is 9.95. The molecule has 0 N–H and O–H groups in total. The molecule has 0 fully saturated rings. The molecule has 12 aromatic rings. The molecule has 3 heteroatoms. The highest BCUT2D eigenvalue weighted by atomic mass is 16.3. The average molecular weight is 779 g/mol. The van der Waals surface area contributed by atoms with Crippen LogP contribution in [0.15, 0.2) is 235 Å². The van der Waals surface area contributed by atoms with E-state index in [0.29, 0.717) is 0 Å². The van der Waals surface area contributed by atoms with E-state index in [-0.39, 0.29) is 0 Å². The Kier molecular flexibility index (Phi) is 8.17. The zero-order chi connectivity index (χ0) is 40.3. The number of rotatable bonds is 7. The van der Waals surface area contributed by atoms with Gasteiger partial charge >= 0.3 is 0 Å². The molecule has 0 unspecified atom stereocenters. The monoisotopic (exact) mass is 778 g/mol. The molecular formula is C58H38N2O. The first-order chi connectivity index (χ1) is 30.3. The van der Waals surface area contributed by atoms with Crippen molar-refractivity contribution in [1.29, 1.82) is 0 Å². The summed E-state index contributed by atoms with van der Waals surface area (Å²) in [6.07, 6.45) is 0. The smallest absolute Gasteiger partial charge is 0.136 e. The van der Waals surface area contributed by atoms with Crippen LogP contribution in [-0.4, -0.2) is 4.57 Å². The first kappa shape index (κ1) is 34.9. The fourth-order valence-corrected chi connectivity index (χ4v) is 9.44. The molecule has 0 bridgehead atoms. The third-order valence-electron chi connectivity index (χ3n) is 12.2. The van der Waals surface area contributed by atoms with Crippen LogP contribution in [0, 0.1) is 0 Å². The lowest BCUT2D eigenvalue weighted by Gasteiger charge is -2.29. The van der Waals surface area contributed by atoms with Crippen LogP contribution in [0.1, 0.15) is 0 Å². The van der Waals surface area contributed by atoms with Crippen molar-refractivity contribution in [2.24, 2.45) is 0 Å². The van der Waals surface area contributed by atoms with E-state index >= 15 is 0 Å². The van der Waals surface area contributed by atoms with Gasteiger partial charge in [0.2, 0.25) is 0 Å². The van der Waals surface area contributed by atoms with Gasteiger partial charge in [-0.15, -0.1) is 0 Å². The molecule has 0 spiro atoms. The van der Waals surface area contributed by atoms with Crippen molar-refractivity contribution < 1.29 is 4.42 Å². The highest BCUT2D eigenvalue weighted by Gasteiger charge is 2.22. The normalized spacial score (nSPS) is 11.6. The third kappa shape index (κ3) is 5.82. The van der Waals surface area contributed by atoms with Gasteiger partial charge in [0.15, 0.2) is 0 Å². The van der Waals surface area contributed by atoms with Gasteiger partial charge in [-0.3, -0.25) is 0 Å². The van der Waals surface area contributed by atoms with E-state index in [2.05, 4.69) is 234 Å². The zero-order valence-electron chi connectivity index (χ0n) is 33.2. The van der Waals surface area contributed by atoms with Crippen LogP contribution >= 0.6 is 0 Å². The Labute approximate surface area is 353 Å². The average Bonchev–Trinajstić information content (AvgIpc) is 3.88. The number of aromatic nitrogens is 1. The van der Waals surface area contributed by atoms with E-state index in [4.69, 9.17) is 4.42 Å². The maximum atomic E-state index is 6.42. The minimum atomic E-state index is 0.877. The summed E-state index contributed by atoms with van der Waals surface area (Å²) in [5.41, 5.74) is 15.4. The third-order valence-corrected chi connectivity index (χ3v) is 12.2. The lowest BCUT2D eigenvalue weighted by Crippen LogP contribution is -2.12. The fraction of sp³-hybridized carbons (Fsp3) is 0. The minimum absolute atomic E-state index is 0.877. The molecule has 0 aliphatic carbocycles. The molecule has 0 saturated carbocycles. The van der Waals surface area contributed by atoms with E-state index in [1.807, 2.05) is 6.07 Å². The van der Waals surface area contributed by atoms with Gasteiger partial charge in [0.1, 0.15) is 11.2 Å². The van der Waals surface area contributed by atoms with E-state index in [9.17, 15) is 0 Å². The van der Waals surface area contributed by atoms with Crippen molar-refractivity contribution in [3.63, 3.8) is 0 Å². The highest BCUT2D eigenvalue weighted by Crippen LogP contribution is 2.46. The quantitative estimate of drug-likeness (QED) is 0.161. The van der Waals surface area contributed by atoms with Crippen molar-refractivity contribution in [2.45, 2.75) is 0 Å². The molecule has 0 radical (unpaired) electrons. The van der Waals surface area contributed by atoms with Crippen LogP contribution in [-0.2, 0) is 0 Å². The molecule has 0 atom stereocenters. The molecule has 12 rings (SSSR count). The molecule has 0 saturated heterocycles. The van der Waals surface area contributed by atoms with E-state index < -0.39 is 0 Å². The Morgan fingerprint density at radius 2 is 0.902 bits per heavy atom. The molecule has 0 aliphatic heterocycles. The summed E-state index contributed by atoms with van der Waals surface area (Å²) in [7, 11) is 0. The number of hydrogen-bond acceptors (Lipinski definition) is 2. The molecule has 286 valence electrons. The molecular weight excluding hydrogens is 741 g/mol. The summed E-state index contributed by atoms with van der Waals surface area (Å²) in [4.78, 5) is 2.42. The van der Waals surface area contributed by atoms with Crippen LogP contribution in [0.2, 0.25) is 0 Å². The zero-order valence-corrected chi connectivity index (χ0v) is 33.2. The van der Waals surface area contributed by atoms with Gasteiger partial charge in [0.05, 0.1) is 16.7 Å². The Hall–Kier alpha value is -8.14. The van der Waals surface area contributed by atoms with Crippen LogP contribution in [0.4, 0.5) is 17.1 Å². The molecule has 10 aromatic carbocycles. The van der Waals surface area contributed by atoms with Crippen LogP contribution in [0.3, 0.4) is 0 Å².